The lowest BCUT2D eigenvalue weighted by molar-refractivity contribution is -0.385. The number of nitro benzene ring substituents is 1. The molecule has 170 valence electrons. The largest absolute Gasteiger partial charge is 0.279 e. The molecule has 8 nitrogen and oxygen atoms in total. The first-order chi connectivity index (χ1) is 15.7. The Kier molecular flexibility index (Phi) is 7.47. The van der Waals surface area contributed by atoms with Gasteiger partial charge < -0.3 is 0 Å². The van der Waals surface area contributed by atoms with Gasteiger partial charge in [-0.1, -0.05) is 59.6 Å². The molecule has 0 fully saturated rings. The van der Waals surface area contributed by atoms with Gasteiger partial charge in [0.2, 0.25) is 0 Å². The van der Waals surface area contributed by atoms with E-state index in [1.807, 2.05) is 43.3 Å². The quantitative estimate of drug-likeness (QED) is 0.242. The van der Waals surface area contributed by atoms with E-state index in [1.54, 1.807) is 25.1 Å². The molecular formula is C23H21ClN4O4S. The highest BCUT2D eigenvalue weighted by Crippen LogP contribution is 2.29. The predicted molar refractivity (Wildman–Crippen MR) is 132 cm³/mol. The van der Waals surface area contributed by atoms with E-state index in [9.17, 15) is 18.5 Å². The van der Waals surface area contributed by atoms with Gasteiger partial charge in [0.15, 0.2) is 0 Å². The van der Waals surface area contributed by atoms with E-state index < -0.39 is 14.9 Å². The molecule has 0 atom stereocenters. The normalized spacial score (nSPS) is 12.0. The zero-order valence-corrected chi connectivity index (χ0v) is 19.4. The van der Waals surface area contributed by atoms with Crippen molar-refractivity contribution >= 4 is 51.0 Å². The molecule has 0 spiro atoms. The highest BCUT2D eigenvalue weighted by Gasteiger charge is 2.23. The Labute approximate surface area is 196 Å². The van der Waals surface area contributed by atoms with Gasteiger partial charge in [-0.15, -0.1) is 0 Å². The van der Waals surface area contributed by atoms with E-state index in [0.717, 1.165) is 22.8 Å². The van der Waals surface area contributed by atoms with Crippen LogP contribution in [0.2, 0.25) is 0 Å². The Morgan fingerprint density at radius 1 is 1.03 bits per heavy atom. The lowest BCUT2D eigenvalue weighted by atomic mass is 10.1. The number of allylic oxidation sites excluding steroid dienone is 1. The van der Waals surface area contributed by atoms with Crippen LogP contribution >= 0.6 is 11.6 Å². The highest BCUT2D eigenvalue weighted by atomic mass is 35.5. The van der Waals surface area contributed by atoms with Gasteiger partial charge in [-0.05, 0) is 43.2 Å². The smallest absolute Gasteiger partial charge is 0.270 e. The fourth-order valence-corrected chi connectivity index (χ4v) is 4.46. The summed E-state index contributed by atoms with van der Waals surface area (Å²) in [5.41, 5.74) is 5.23. The molecule has 0 amide bonds. The molecule has 0 radical (unpaired) electrons. The molecule has 0 unspecified atom stereocenters. The number of nitrogens with zero attached hydrogens (tertiary/aromatic N) is 2. The zero-order valence-electron chi connectivity index (χ0n) is 17.8. The van der Waals surface area contributed by atoms with Crippen molar-refractivity contribution in [2.24, 2.45) is 5.10 Å². The molecule has 0 saturated heterocycles. The predicted octanol–water partition coefficient (Wildman–Crippen LogP) is 5.69. The van der Waals surface area contributed by atoms with Crippen molar-refractivity contribution in [3.63, 3.8) is 0 Å². The average Bonchev–Trinajstić information content (AvgIpc) is 2.76. The molecule has 0 bridgehead atoms. The van der Waals surface area contributed by atoms with Crippen molar-refractivity contribution < 1.29 is 13.3 Å². The first kappa shape index (κ1) is 24.0. The van der Waals surface area contributed by atoms with Crippen molar-refractivity contribution in [2.75, 3.05) is 10.1 Å². The van der Waals surface area contributed by atoms with E-state index in [2.05, 4.69) is 15.2 Å². The zero-order chi connectivity index (χ0) is 24.0. The second-order valence-corrected chi connectivity index (χ2v) is 9.26. The molecule has 0 aromatic heterocycles. The van der Waals surface area contributed by atoms with Crippen LogP contribution in [0.1, 0.15) is 16.7 Å². The van der Waals surface area contributed by atoms with Crippen molar-refractivity contribution in [2.45, 2.75) is 18.7 Å². The lowest BCUT2D eigenvalue weighted by Gasteiger charge is -2.14. The number of rotatable bonds is 8. The summed E-state index contributed by atoms with van der Waals surface area (Å²) in [5, 5.41) is 15.5. The van der Waals surface area contributed by atoms with E-state index in [4.69, 9.17) is 11.6 Å². The number of sulfonamides is 1. The van der Waals surface area contributed by atoms with Crippen LogP contribution in [-0.2, 0) is 10.0 Å². The van der Waals surface area contributed by atoms with Crippen LogP contribution in [-0.4, -0.2) is 19.6 Å². The minimum Gasteiger partial charge on any atom is -0.279 e. The fraction of sp³-hybridized carbons (Fsp3) is 0.0870. The van der Waals surface area contributed by atoms with Crippen LogP contribution in [0.3, 0.4) is 0 Å². The third-order valence-electron chi connectivity index (χ3n) is 4.57. The highest BCUT2D eigenvalue weighted by molar-refractivity contribution is 7.92. The van der Waals surface area contributed by atoms with Crippen LogP contribution in [0.4, 0.5) is 17.1 Å². The van der Waals surface area contributed by atoms with Crippen molar-refractivity contribution in [3.05, 3.63) is 98.6 Å². The Morgan fingerprint density at radius 2 is 1.73 bits per heavy atom. The Balaban J connectivity index is 1.91. The summed E-state index contributed by atoms with van der Waals surface area (Å²) in [4.78, 5) is 10.2. The van der Waals surface area contributed by atoms with Gasteiger partial charge in [0.05, 0.1) is 27.5 Å². The van der Waals surface area contributed by atoms with Gasteiger partial charge in [-0.3, -0.25) is 20.3 Å². The number of non-ortho nitro benzene ring substituents is 1. The van der Waals surface area contributed by atoms with E-state index in [0.29, 0.717) is 10.7 Å². The van der Waals surface area contributed by atoms with Crippen LogP contribution in [0, 0.1) is 24.0 Å². The maximum atomic E-state index is 13.1. The second-order valence-electron chi connectivity index (χ2n) is 7.17. The summed E-state index contributed by atoms with van der Waals surface area (Å²) in [5.74, 6) is 0. The average molecular weight is 485 g/mol. The number of hydrogen-bond acceptors (Lipinski definition) is 6. The van der Waals surface area contributed by atoms with Crippen molar-refractivity contribution in [1.82, 2.24) is 0 Å². The number of halogens is 1. The molecule has 0 aliphatic heterocycles. The standard InChI is InChI=1S/C23H21ClN4O4S/c1-16-8-10-21(17(2)12-16)27-33(31,32)23-14-20(28(29)30)9-11-22(23)26-25-15-19(24)13-18-6-4-3-5-7-18/h3-15,26-27H,1-2H3. The minimum atomic E-state index is -4.17. The molecule has 3 aromatic rings. The van der Waals surface area contributed by atoms with E-state index >= 15 is 0 Å². The topological polar surface area (TPSA) is 114 Å². The SMILES string of the molecule is Cc1ccc(NS(=O)(=O)c2cc([N+](=O)[O-])ccc2NN=CC(Cl)=Cc2ccccc2)c(C)c1. The number of hydrazone groups is 1. The number of hydrogen-bond donors (Lipinski definition) is 2. The Bertz CT molecular complexity index is 1340. The van der Waals surface area contributed by atoms with Gasteiger partial charge in [0, 0.05) is 12.1 Å². The molecule has 10 heteroatoms. The number of nitro groups is 1. The van der Waals surface area contributed by atoms with Gasteiger partial charge in [-0.25, -0.2) is 8.42 Å². The number of aryl methyl sites for hydroxylation is 2. The number of benzene rings is 3. The first-order valence-corrected chi connectivity index (χ1v) is 11.6. The van der Waals surface area contributed by atoms with Crippen molar-refractivity contribution in [1.29, 1.82) is 0 Å². The van der Waals surface area contributed by atoms with Gasteiger partial charge in [0.1, 0.15) is 4.90 Å². The second kappa shape index (κ2) is 10.3. The molecule has 2 N–H and O–H groups in total. The Morgan fingerprint density at radius 3 is 2.39 bits per heavy atom. The van der Waals surface area contributed by atoms with Crippen LogP contribution in [0.25, 0.3) is 6.08 Å². The molecule has 0 heterocycles. The summed E-state index contributed by atoms with van der Waals surface area (Å²) in [6.45, 7) is 3.66. The molecule has 0 aliphatic carbocycles. The number of anilines is 2. The molecule has 33 heavy (non-hydrogen) atoms. The molecule has 3 aromatic carbocycles. The van der Waals surface area contributed by atoms with Crippen LogP contribution in [0.15, 0.2) is 81.8 Å². The van der Waals surface area contributed by atoms with Gasteiger partial charge >= 0.3 is 0 Å². The third-order valence-corrected chi connectivity index (χ3v) is 6.18. The fourth-order valence-electron chi connectivity index (χ4n) is 2.98. The number of nitrogens with one attached hydrogen (secondary N) is 2. The maximum Gasteiger partial charge on any atom is 0.270 e. The van der Waals surface area contributed by atoms with Crippen LogP contribution in [0.5, 0.6) is 0 Å². The summed E-state index contributed by atoms with van der Waals surface area (Å²) in [6.07, 6.45) is 2.99. The first-order valence-electron chi connectivity index (χ1n) is 9.75. The summed E-state index contributed by atoms with van der Waals surface area (Å²) in [6, 6.07) is 18.0. The maximum absolute atomic E-state index is 13.1. The summed E-state index contributed by atoms with van der Waals surface area (Å²) in [7, 11) is -4.17. The van der Waals surface area contributed by atoms with Crippen LogP contribution < -0.4 is 10.1 Å². The van der Waals surface area contributed by atoms with Crippen molar-refractivity contribution in [3.8, 4) is 0 Å². The van der Waals surface area contributed by atoms with Gasteiger partial charge in [0.25, 0.3) is 15.7 Å². The van der Waals surface area contributed by atoms with E-state index in [1.165, 1.54) is 18.3 Å². The minimum absolute atomic E-state index is 0.0540. The molecule has 0 saturated carbocycles. The Hall–Kier alpha value is -3.69. The molecular weight excluding hydrogens is 464 g/mol. The molecule has 3 rings (SSSR count). The van der Waals surface area contributed by atoms with Gasteiger partial charge in [-0.2, -0.15) is 5.10 Å². The monoisotopic (exact) mass is 484 g/mol. The molecule has 0 aliphatic rings. The summed E-state index contributed by atoms with van der Waals surface area (Å²) < 4.78 is 28.7. The summed E-state index contributed by atoms with van der Waals surface area (Å²) >= 11 is 6.17. The third kappa shape index (κ3) is 6.41. The lowest BCUT2D eigenvalue weighted by Crippen LogP contribution is -2.15. The van der Waals surface area contributed by atoms with E-state index in [-0.39, 0.29) is 16.3 Å².